The molecule has 2 aromatic carbocycles. The standard InChI is InChI=1S/C14H7ClFN3O3/c15-12-3-2-10(19(21)22)6-11(12)14(20)18-13-4-1-9(16)5-8(13)7-17/h1-6H,(H,18,20). The van der Waals surface area contributed by atoms with E-state index < -0.39 is 16.6 Å². The molecule has 0 aliphatic carbocycles. The van der Waals surface area contributed by atoms with Crippen molar-refractivity contribution >= 4 is 28.9 Å². The lowest BCUT2D eigenvalue weighted by molar-refractivity contribution is -0.384. The van der Waals surface area contributed by atoms with Crippen LogP contribution in [0.4, 0.5) is 15.8 Å². The van der Waals surface area contributed by atoms with Crippen molar-refractivity contribution in [1.29, 1.82) is 5.26 Å². The molecule has 22 heavy (non-hydrogen) atoms. The second-order valence-electron chi connectivity index (χ2n) is 4.18. The third kappa shape index (κ3) is 3.19. The van der Waals surface area contributed by atoms with Crippen LogP contribution in [0, 0.1) is 27.3 Å². The molecule has 0 saturated heterocycles. The third-order valence-corrected chi connectivity index (χ3v) is 3.09. The predicted molar refractivity (Wildman–Crippen MR) is 77.2 cm³/mol. The Labute approximate surface area is 128 Å². The number of nitro groups is 1. The van der Waals surface area contributed by atoms with E-state index in [4.69, 9.17) is 16.9 Å². The number of amides is 1. The van der Waals surface area contributed by atoms with Gasteiger partial charge in [-0.2, -0.15) is 5.26 Å². The van der Waals surface area contributed by atoms with E-state index in [0.717, 1.165) is 24.3 Å². The molecule has 0 unspecified atom stereocenters. The minimum absolute atomic E-state index is 0.0173. The first-order chi connectivity index (χ1) is 10.4. The number of anilines is 1. The Balaban J connectivity index is 2.36. The zero-order valence-electron chi connectivity index (χ0n) is 10.8. The third-order valence-electron chi connectivity index (χ3n) is 2.76. The van der Waals surface area contributed by atoms with Crippen LogP contribution in [0.25, 0.3) is 0 Å². The van der Waals surface area contributed by atoms with Gasteiger partial charge in [0.1, 0.15) is 11.9 Å². The summed E-state index contributed by atoms with van der Waals surface area (Å²) in [6.07, 6.45) is 0. The minimum Gasteiger partial charge on any atom is -0.321 e. The topological polar surface area (TPSA) is 96.0 Å². The summed E-state index contributed by atoms with van der Waals surface area (Å²) >= 11 is 5.85. The number of carbonyl (C=O) groups excluding carboxylic acids is 1. The maximum atomic E-state index is 13.0. The summed E-state index contributed by atoms with van der Waals surface area (Å²) < 4.78 is 13.0. The second-order valence-corrected chi connectivity index (χ2v) is 4.58. The Hall–Kier alpha value is -2.98. The van der Waals surface area contributed by atoms with Gasteiger partial charge in [0.05, 0.1) is 26.8 Å². The van der Waals surface area contributed by atoms with Gasteiger partial charge in [0.25, 0.3) is 11.6 Å². The van der Waals surface area contributed by atoms with E-state index in [1.54, 1.807) is 6.07 Å². The number of nitrogens with one attached hydrogen (secondary N) is 1. The number of non-ortho nitro benzene ring substituents is 1. The van der Waals surface area contributed by atoms with Gasteiger partial charge in [0, 0.05) is 12.1 Å². The number of carbonyl (C=O) groups is 1. The van der Waals surface area contributed by atoms with Crippen molar-refractivity contribution in [3.05, 3.63) is 68.5 Å². The number of rotatable bonds is 3. The largest absolute Gasteiger partial charge is 0.321 e. The summed E-state index contributed by atoms with van der Waals surface area (Å²) in [5, 5.41) is 22.0. The zero-order chi connectivity index (χ0) is 16.3. The van der Waals surface area contributed by atoms with E-state index in [1.807, 2.05) is 0 Å². The van der Waals surface area contributed by atoms with Gasteiger partial charge in [-0.05, 0) is 24.3 Å². The van der Waals surface area contributed by atoms with E-state index in [0.29, 0.717) is 0 Å². The van der Waals surface area contributed by atoms with Crippen LogP contribution in [0.3, 0.4) is 0 Å². The Morgan fingerprint density at radius 3 is 2.68 bits per heavy atom. The van der Waals surface area contributed by atoms with Crippen LogP contribution in [0.1, 0.15) is 15.9 Å². The zero-order valence-corrected chi connectivity index (χ0v) is 11.6. The molecule has 2 rings (SSSR count). The first kappa shape index (κ1) is 15.4. The molecule has 0 spiro atoms. The van der Waals surface area contributed by atoms with Gasteiger partial charge in [-0.3, -0.25) is 14.9 Å². The van der Waals surface area contributed by atoms with Crippen LogP contribution in [0.2, 0.25) is 5.02 Å². The highest BCUT2D eigenvalue weighted by Gasteiger charge is 2.17. The Morgan fingerprint density at radius 2 is 2.05 bits per heavy atom. The van der Waals surface area contributed by atoms with Crippen molar-refractivity contribution in [3.8, 4) is 6.07 Å². The Bertz CT molecular complexity index is 817. The van der Waals surface area contributed by atoms with Crippen LogP contribution < -0.4 is 5.32 Å². The van der Waals surface area contributed by atoms with E-state index in [9.17, 15) is 19.3 Å². The summed E-state index contributed by atoms with van der Waals surface area (Å²) in [5.41, 5.74) is -0.412. The molecule has 0 aliphatic rings. The molecule has 0 radical (unpaired) electrons. The van der Waals surface area contributed by atoms with Gasteiger partial charge in [-0.25, -0.2) is 4.39 Å². The summed E-state index contributed by atoms with van der Waals surface area (Å²) in [7, 11) is 0. The normalized spacial score (nSPS) is 9.86. The van der Waals surface area contributed by atoms with Gasteiger partial charge in [0.15, 0.2) is 0 Å². The number of nitrogens with zero attached hydrogens (tertiary/aromatic N) is 2. The molecule has 0 aromatic heterocycles. The average Bonchev–Trinajstić information content (AvgIpc) is 2.49. The fourth-order valence-corrected chi connectivity index (χ4v) is 1.91. The highest BCUT2D eigenvalue weighted by Crippen LogP contribution is 2.24. The highest BCUT2D eigenvalue weighted by atomic mass is 35.5. The summed E-state index contributed by atoms with van der Waals surface area (Å²) in [4.78, 5) is 22.2. The predicted octanol–water partition coefficient (Wildman–Crippen LogP) is 3.51. The van der Waals surface area contributed by atoms with Crippen molar-refractivity contribution in [2.75, 3.05) is 5.32 Å². The fraction of sp³-hybridized carbons (Fsp3) is 0. The second kappa shape index (κ2) is 6.20. The lowest BCUT2D eigenvalue weighted by Gasteiger charge is -2.08. The molecule has 0 aliphatic heterocycles. The quantitative estimate of drug-likeness (QED) is 0.691. The monoisotopic (exact) mass is 319 g/mol. The van der Waals surface area contributed by atoms with E-state index in [1.165, 1.54) is 12.1 Å². The first-order valence-electron chi connectivity index (χ1n) is 5.87. The van der Waals surface area contributed by atoms with E-state index >= 15 is 0 Å². The lowest BCUT2D eigenvalue weighted by atomic mass is 10.1. The van der Waals surface area contributed by atoms with Crippen molar-refractivity contribution in [2.45, 2.75) is 0 Å². The van der Waals surface area contributed by atoms with Crippen molar-refractivity contribution in [3.63, 3.8) is 0 Å². The Kier molecular flexibility index (Phi) is 4.34. The van der Waals surface area contributed by atoms with Gasteiger partial charge >= 0.3 is 0 Å². The summed E-state index contributed by atoms with van der Waals surface area (Å²) in [6, 6.07) is 8.41. The molecule has 0 heterocycles. The molecule has 0 bridgehead atoms. The molecule has 0 saturated carbocycles. The number of halogens is 2. The summed E-state index contributed by atoms with van der Waals surface area (Å²) in [5.74, 6) is -1.36. The number of nitriles is 1. The van der Waals surface area contributed by atoms with Crippen molar-refractivity contribution in [2.24, 2.45) is 0 Å². The van der Waals surface area contributed by atoms with Crippen LogP contribution in [-0.2, 0) is 0 Å². The maximum absolute atomic E-state index is 13.0. The van der Waals surface area contributed by atoms with Crippen LogP contribution in [-0.4, -0.2) is 10.8 Å². The van der Waals surface area contributed by atoms with E-state index in [-0.39, 0.29) is 27.5 Å². The van der Waals surface area contributed by atoms with Crippen LogP contribution in [0.5, 0.6) is 0 Å². The molecule has 0 atom stereocenters. The van der Waals surface area contributed by atoms with Crippen molar-refractivity contribution < 1.29 is 14.1 Å². The summed E-state index contributed by atoms with van der Waals surface area (Å²) in [6.45, 7) is 0. The van der Waals surface area contributed by atoms with Gasteiger partial charge in [-0.15, -0.1) is 0 Å². The molecule has 1 N–H and O–H groups in total. The fourth-order valence-electron chi connectivity index (χ4n) is 1.71. The molecule has 1 amide bonds. The first-order valence-corrected chi connectivity index (χ1v) is 6.25. The van der Waals surface area contributed by atoms with Gasteiger partial charge < -0.3 is 5.32 Å². The van der Waals surface area contributed by atoms with Gasteiger partial charge in [-0.1, -0.05) is 11.6 Å². The molecular formula is C14H7ClFN3O3. The van der Waals surface area contributed by atoms with E-state index in [2.05, 4.69) is 5.32 Å². The SMILES string of the molecule is N#Cc1cc(F)ccc1NC(=O)c1cc([N+](=O)[O-])ccc1Cl. The number of benzene rings is 2. The number of hydrogen-bond acceptors (Lipinski definition) is 4. The maximum Gasteiger partial charge on any atom is 0.270 e. The van der Waals surface area contributed by atoms with Crippen molar-refractivity contribution in [1.82, 2.24) is 0 Å². The molecule has 6 nitrogen and oxygen atoms in total. The highest BCUT2D eigenvalue weighted by molar-refractivity contribution is 6.34. The Morgan fingerprint density at radius 1 is 1.32 bits per heavy atom. The lowest BCUT2D eigenvalue weighted by Crippen LogP contribution is -2.14. The smallest absolute Gasteiger partial charge is 0.270 e. The molecule has 110 valence electrons. The van der Waals surface area contributed by atoms with Crippen LogP contribution >= 0.6 is 11.6 Å². The molecule has 8 heteroatoms. The number of nitro benzene ring substituents is 1. The average molecular weight is 320 g/mol. The minimum atomic E-state index is -0.739. The molecular weight excluding hydrogens is 313 g/mol. The molecule has 2 aromatic rings. The molecule has 0 fully saturated rings. The van der Waals surface area contributed by atoms with Crippen LogP contribution in [0.15, 0.2) is 36.4 Å². The number of hydrogen-bond donors (Lipinski definition) is 1. The van der Waals surface area contributed by atoms with Gasteiger partial charge in [0.2, 0.25) is 0 Å².